The number of nitrogens with one attached hydrogen (secondary N) is 2. The molecule has 0 aliphatic heterocycles. The number of carbonyl (C=O) groups is 2. The van der Waals surface area contributed by atoms with Gasteiger partial charge in [-0.1, -0.05) is 18.6 Å². The summed E-state index contributed by atoms with van der Waals surface area (Å²) in [5.41, 5.74) is 3.61. The molecule has 0 radical (unpaired) electrons. The van der Waals surface area contributed by atoms with Crippen molar-refractivity contribution in [3.63, 3.8) is 0 Å². The molecule has 1 aromatic heterocycles. The second-order valence-corrected chi connectivity index (χ2v) is 6.38. The van der Waals surface area contributed by atoms with Crippen molar-refractivity contribution in [2.24, 2.45) is 5.92 Å². The molecule has 1 heterocycles. The van der Waals surface area contributed by atoms with E-state index in [2.05, 4.69) is 15.5 Å². The monoisotopic (exact) mass is 336 g/mol. The largest absolute Gasteiger partial charge is 0.325 e. The highest BCUT2D eigenvalue weighted by atomic mass is 16.2. The van der Waals surface area contributed by atoms with Crippen molar-refractivity contribution >= 4 is 17.4 Å². The van der Waals surface area contributed by atoms with E-state index in [1.807, 2.05) is 25.1 Å². The minimum Gasteiger partial charge on any atom is -0.325 e. The van der Waals surface area contributed by atoms with Crippen LogP contribution in [0.5, 0.6) is 0 Å². The fraction of sp³-hybridized carbons (Fsp3) is 0.368. The van der Waals surface area contributed by atoms with Crippen LogP contribution in [0.25, 0.3) is 0 Å². The van der Waals surface area contributed by atoms with Crippen molar-refractivity contribution in [3.05, 3.63) is 46.8 Å². The Balaban J connectivity index is 1.81. The summed E-state index contributed by atoms with van der Waals surface area (Å²) in [5.74, 6) is -2.56. The molecule has 3 rings (SSSR count). The number of H-pyrrole nitrogens is 1. The van der Waals surface area contributed by atoms with Gasteiger partial charge in [0.2, 0.25) is 11.7 Å². The molecule has 0 bridgehead atoms. The van der Waals surface area contributed by atoms with Gasteiger partial charge < -0.3 is 5.32 Å². The van der Waals surface area contributed by atoms with E-state index in [-0.39, 0.29) is 5.69 Å². The Morgan fingerprint density at radius 2 is 2.08 bits per heavy atom. The molecule has 1 aliphatic rings. The lowest BCUT2D eigenvalue weighted by Crippen LogP contribution is -2.29. The lowest BCUT2D eigenvalue weighted by atomic mass is 9.97. The smallest absolute Gasteiger partial charge is 0.249 e. The number of amides is 1. The fourth-order valence-electron chi connectivity index (χ4n) is 3.17. The Kier molecular flexibility index (Phi) is 4.94. The summed E-state index contributed by atoms with van der Waals surface area (Å²) in [7, 11) is 0. The maximum Gasteiger partial charge on any atom is 0.249 e. The first-order valence-corrected chi connectivity index (χ1v) is 8.47. The zero-order valence-electron chi connectivity index (χ0n) is 14.1. The second kappa shape index (κ2) is 7.31. The molecule has 1 aromatic carbocycles. The van der Waals surface area contributed by atoms with Crippen LogP contribution in [0, 0.1) is 24.2 Å². The number of aromatic amines is 1. The third-order valence-corrected chi connectivity index (χ3v) is 4.48. The van der Waals surface area contributed by atoms with Crippen LogP contribution < -0.4 is 5.32 Å². The van der Waals surface area contributed by atoms with Crippen LogP contribution in [0.4, 0.5) is 5.69 Å². The standard InChI is InChI=1S/C19H20N4O2/c1-12-6-5-7-13(10-12)21-19(25)15(11-20)18(24)17-14-8-3-2-4-9-16(14)22-23-17/h5-7,10,15H,2-4,8-9H2,1H3,(H,21,25)(H,22,23)/t15-/m0/s1. The molecule has 6 nitrogen and oxygen atoms in total. The average Bonchev–Trinajstić information content (AvgIpc) is 2.84. The molecular weight excluding hydrogens is 316 g/mol. The predicted octanol–water partition coefficient (Wildman–Crippen LogP) is 2.95. The minimum absolute atomic E-state index is 0.239. The Labute approximate surface area is 146 Å². The van der Waals surface area contributed by atoms with Crippen LogP contribution >= 0.6 is 0 Å². The number of ketones is 1. The molecule has 0 fully saturated rings. The van der Waals surface area contributed by atoms with Gasteiger partial charge in [0.1, 0.15) is 5.69 Å². The third-order valence-electron chi connectivity index (χ3n) is 4.48. The predicted molar refractivity (Wildman–Crippen MR) is 93.1 cm³/mol. The van der Waals surface area contributed by atoms with Crippen LogP contribution in [-0.2, 0) is 17.6 Å². The molecule has 25 heavy (non-hydrogen) atoms. The van der Waals surface area contributed by atoms with Gasteiger partial charge in [0.05, 0.1) is 6.07 Å². The molecule has 1 atom stereocenters. The van der Waals surface area contributed by atoms with Crippen LogP contribution in [0.2, 0.25) is 0 Å². The van der Waals surface area contributed by atoms with Crippen molar-refractivity contribution in [2.45, 2.75) is 39.0 Å². The highest BCUT2D eigenvalue weighted by molar-refractivity contribution is 6.15. The van der Waals surface area contributed by atoms with Gasteiger partial charge in [0.25, 0.3) is 0 Å². The molecule has 0 spiro atoms. The third kappa shape index (κ3) is 3.61. The zero-order chi connectivity index (χ0) is 17.8. The van der Waals surface area contributed by atoms with Crippen molar-refractivity contribution < 1.29 is 9.59 Å². The molecule has 128 valence electrons. The van der Waals surface area contributed by atoms with Crippen molar-refractivity contribution in [1.82, 2.24) is 10.2 Å². The van der Waals surface area contributed by atoms with E-state index in [0.29, 0.717) is 5.69 Å². The highest BCUT2D eigenvalue weighted by Crippen LogP contribution is 2.24. The van der Waals surface area contributed by atoms with E-state index in [1.165, 1.54) is 0 Å². The number of nitriles is 1. The van der Waals surface area contributed by atoms with Gasteiger partial charge >= 0.3 is 0 Å². The topological polar surface area (TPSA) is 98.6 Å². The summed E-state index contributed by atoms with van der Waals surface area (Å²) in [4.78, 5) is 25.2. The molecule has 0 saturated carbocycles. The molecule has 1 aliphatic carbocycles. The summed E-state index contributed by atoms with van der Waals surface area (Å²) in [5, 5.41) is 19.1. The maximum absolute atomic E-state index is 12.8. The Hall–Kier alpha value is -2.94. The van der Waals surface area contributed by atoms with Crippen LogP contribution in [0.1, 0.15) is 46.6 Å². The quantitative estimate of drug-likeness (QED) is 0.509. The molecule has 0 unspecified atom stereocenters. The number of fused-ring (bicyclic) bond motifs is 1. The van der Waals surface area contributed by atoms with Gasteiger partial charge in [-0.15, -0.1) is 0 Å². The van der Waals surface area contributed by atoms with E-state index in [1.54, 1.807) is 12.1 Å². The summed E-state index contributed by atoms with van der Waals surface area (Å²) in [6.07, 6.45) is 4.75. The number of Topliss-reactive ketones (excluding diaryl/α,β-unsaturated/α-hetero) is 1. The molecule has 0 saturated heterocycles. The van der Waals surface area contributed by atoms with Gasteiger partial charge in [0.15, 0.2) is 5.92 Å². The summed E-state index contributed by atoms with van der Waals surface area (Å²) >= 11 is 0. The van der Waals surface area contributed by atoms with Gasteiger partial charge in [-0.2, -0.15) is 10.4 Å². The lowest BCUT2D eigenvalue weighted by Gasteiger charge is -2.10. The van der Waals surface area contributed by atoms with Crippen molar-refractivity contribution in [3.8, 4) is 6.07 Å². The van der Waals surface area contributed by atoms with Gasteiger partial charge in [-0.3, -0.25) is 14.7 Å². The summed E-state index contributed by atoms with van der Waals surface area (Å²) in [6, 6.07) is 9.06. The first-order valence-electron chi connectivity index (χ1n) is 8.47. The van der Waals surface area contributed by atoms with Crippen LogP contribution in [0.3, 0.4) is 0 Å². The average molecular weight is 336 g/mol. The Morgan fingerprint density at radius 1 is 1.28 bits per heavy atom. The van der Waals surface area contributed by atoms with Crippen molar-refractivity contribution in [1.29, 1.82) is 5.26 Å². The number of carbonyl (C=O) groups excluding carboxylic acids is 2. The molecule has 2 N–H and O–H groups in total. The number of benzene rings is 1. The van der Waals surface area contributed by atoms with Crippen LogP contribution in [0.15, 0.2) is 24.3 Å². The van der Waals surface area contributed by atoms with E-state index in [9.17, 15) is 14.9 Å². The first-order chi connectivity index (χ1) is 12.1. The molecular formula is C19H20N4O2. The molecule has 2 aromatic rings. The minimum atomic E-state index is -1.41. The number of hydrogen-bond acceptors (Lipinski definition) is 4. The van der Waals surface area contributed by atoms with Gasteiger partial charge in [-0.05, 0) is 50.3 Å². The summed E-state index contributed by atoms with van der Waals surface area (Å²) in [6.45, 7) is 1.90. The Morgan fingerprint density at radius 3 is 2.84 bits per heavy atom. The van der Waals surface area contributed by atoms with E-state index in [0.717, 1.165) is 48.9 Å². The molecule has 6 heteroatoms. The van der Waals surface area contributed by atoms with Crippen LogP contribution in [-0.4, -0.2) is 21.9 Å². The summed E-state index contributed by atoms with van der Waals surface area (Å²) < 4.78 is 0. The Bertz CT molecular complexity index is 847. The lowest BCUT2D eigenvalue weighted by molar-refractivity contribution is -0.117. The molecule has 1 amide bonds. The number of anilines is 1. The number of rotatable bonds is 4. The maximum atomic E-state index is 12.8. The van der Waals surface area contributed by atoms with E-state index < -0.39 is 17.6 Å². The number of aromatic nitrogens is 2. The number of nitrogens with zero attached hydrogens (tertiary/aromatic N) is 2. The van der Waals surface area contributed by atoms with Crippen molar-refractivity contribution in [2.75, 3.05) is 5.32 Å². The van der Waals surface area contributed by atoms with Gasteiger partial charge in [0, 0.05) is 16.9 Å². The number of aryl methyl sites for hydroxylation is 2. The van der Waals surface area contributed by atoms with Gasteiger partial charge in [-0.25, -0.2) is 0 Å². The SMILES string of the molecule is Cc1cccc(NC(=O)[C@@H](C#N)C(=O)c2n[nH]c3c2CCCCC3)c1. The fourth-order valence-corrected chi connectivity index (χ4v) is 3.17. The zero-order valence-corrected chi connectivity index (χ0v) is 14.1. The van der Waals surface area contributed by atoms with E-state index >= 15 is 0 Å². The highest BCUT2D eigenvalue weighted by Gasteiger charge is 2.32. The normalized spacial score (nSPS) is 14.7. The first kappa shape index (κ1) is 16.9. The number of hydrogen-bond donors (Lipinski definition) is 2. The van der Waals surface area contributed by atoms with E-state index in [4.69, 9.17) is 0 Å². The second-order valence-electron chi connectivity index (χ2n) is 6.38.